The van der Waals surface area contributed by atoms with E-state index in [4.69, 9.17) is 5.73 Å². The summed E-state index contributed by atoms with van der Waals surface area (Å²) >= 11 is 0. The Balaban J connectivity index is 2.20. The number of hydrogen-bond acceptors (Lipinski definition) is 3. The fraction of sp³-hybridized carbons (Fsp3) is 0.583. The lowest BCUT2D eigenvalue weighted by Gasteiger charge is -2.44. The highest BCUT2D eigenvalue weighted by molar-refractivity contribution is 5.39. The zero-order chi connectivity index (χ0) is 13.4. The van der Waals surface area contributed by atoms with E-state index in [0.29, 0.717) is 18.8 Å². The summed E-state index contributed by atoms with van der Waals surface area (Å²) in [6.45, 7) is 1.84. The Bertz CT molecular complexity index is 403. The van der Waals surface area contributed by atoms with Gasteiger partial charge in [0, 0.05) is 24.8 Å². The third-order valence-electron chi connectivity index (χ3n) is 3.49. The van der Waals surface area contributed by atoms with Crippen molar-refractivity contribution in [2.45, 2.75) is 25.1 Å². The highest BCUT2D eigenvalue weighted by Gasteiger charge is 2.52. The van der Waals surface area contributed by atoms with Crippen molar-refractivity contribution in [3.05, 3.63) is 24.4 Å². The van der Waals surface area contributed by atoms with Crippen molar-refractivity contribution in [3.8, 4) is 0 Å². The Kier molecular flexibility index (Phi) is 3.23. The Hall–Kier alpha value is -1.30. The zero-order valence-corrected chi connectivity index (χ0v) is 10.1. The van der Waals surface area contributed by atoms with E-state index in [1.165, 1.54) is 6.92 Å². The van der Waals surface area contributed by atoms with E-state index in [0.717, 1.165) is 0 Å². The summed E-state index contributed by atoms with van der Waals surface area (Å²) < 4.78 is 39.0. The first-order valence-electron chi connectivity index (χ1n) is 5.82. The number of piperidine rings is 1. The van der Waals surface area contributed by atoms with Crippen LogP contribution in [0.5, 0.6) is 0 Å². The molecule has 2 heterocycles. The first-order chi connectivity index (χ1) is 8.31. The molecule has 0 aliphatic carbocycles. The number of anilines is 1. The maximum atomic E-state index is 13.0. The van der Waals surface area contributed by atoms with E-state index in [1.54, 1.807) is 29.3 Å². The minimum atomic E-state index is -4.28. The largest absolute Gasteiger partial charge is 0.395 e. The molecule has 1 fully saturated rings. The molecule has 0 bridgehead atoms. The second-order valence-electron chi connectivity index (χ2n) is 4.98. The molecule has 100 valence electrons. The zero-order valence-electron chi connectivity index (χ0n) is 10.1. The van der Waals surface area contributed by atoms with Gasteiger partial charge in [-0.05, 0) is 25.5 Å². The molecule has 2 atom stereocenters. The number of aromatic nitrogens is 1. The molecular formula is C12H16F3N3. The third kappa shape index (κ3) is 2.58. The maximum absolute atomic E-state index is 13.0. The molecule has 3 nitrogen and oxygen atoms in total. The predicted octanol–water partition coefficient (Wildman–Crippen LogP) is 2.19. The van der Waals surface area contributed by atoms with Crippen molar-refractivity contribution < 1.29 is 13.2 Å². The van der Waals surface area contributed by atoms with Crippen LogP contribution in [-0.2, 0) is 0 Å². The van der Waals surface area contributed by atoms with Crippen LogP contribution < -0.4 is 10.6 Å². The van der Waals surface area contributed by atoms with Crippen LogP contribution in [0.3, 0.4) is 0 Å². The van der Waals surface area contributed by atoms with Crippen molar-refractivity contribution in [3.63, 3.8) is 0 Å². The van der Waals surface area contributed by atoms with Gasteiger partial charge in [0.2, 0.25) is 0 Å². The number of nitrogens with zero attached hydrogens (tertiary/aromatic N) is 2. The van der Waals surface area contributed by atoms with Crippen LogP contribution in [0.25, 0.3) is 0 Å². The van der Waals surface area contributed by atoms with Gasteiger partial charge in [0.15, 0.2) is 0 Å². The molecule has 1 saturated heterocycles. The molecular weight excluding hydrogens is 243 g/mol. The number of hydrogen-bond donors (Lipinski definition) is 1. The van der Waals surface area contributed by atoms with Gasteiger partial charge in [0.1, 0.15) is 5.82 Å². The summed E-state index contributed by atoms with van der Waals surface area (Å²) in [6.07, 6.45) is -2.40. The molecule has 1 aromatic rings. The molecule has 0 aromatic carbocycles. The lowest BCUT2D eigenvalue weighted by Crippen LogP contribution is -2.60. The summed E-state index contributed by atoms with van der Waals surface area (Å²) in [6, 6.07) is 5.22. The van der Waals surface area contributed by atoms with E-state index in [1.807, 2.05) is 0 Å². The van der Waals surface area contributed by atoms with Crippen molar-refractivity contribution in [1.82, 2.24) is 4.98 Å². The van der Waals surface area contributed by atoms with Gasteiger partial charge < -0.3 is 10.6 Å². The van der Waals surface area contributed by atoms with E-state index in [-0.39, 0.29) is 6.54 Å². The van der Waals surface area contributed by atoms with Crippen LogP contribution >= 0.6 is 0 Å². The van der Waals surface area contributed by atoms with Gasteiger partial charge in [-0.25, -0.2) is 4.98 Å². The Labute approximate surface area is 104 Å². The van der Waals surface area contributed by atoms with Crippen molar-refractivity contribution >= 4 is 5.82 Å². The molecule has 6 heteroatoms. The van der Waals surface area contributed by atoms with Gasteiger partial charge in [-0.3, -0.25) is 0 Å². The second kappa shape index (κ2) is 4.42. The standard InChI is InChI=1S/C12H16F3N3/c1-11(16)5-7-18(8-9(11)12(13,14)15)10-4-2-3-6-17-10/h2-4,6,9H,5,7-8,16H2,1H3. The van der Waals surface area contributed by atoms with Crippen LogP contribution in [0.4, 0.5) is 19.0 Å². The number of alkyl halides is 3. The minimum Gasteiger partial charge on any atom is -0.356 e. The number of nitrogens with two attached hydrogens (primary N) is 1. The summed E-state index contributed by atoms with van der Waals surface area (Å²) in [5.74, 6) is -0.956. The van der Waals surface area contributed by atoms with Crippen molar-refractivity contribution in [2.24, 2.45) is 11.7 Å². The summed E-state index contributed by atoms with van der Waals surface area (Å²) in [5, 5.41) is 0. The summed E-state index contributed by atoms with van der Waals surface area (Å²) in [5.41, 5.74) is 4.58. The third-order valence-corrected chi connectivity index (χ3v) is 3.49. The van der Waals surface area contributed by atoms with E-state index in [9.17, 15) is 13.2 Å². The lowest BCUT2D eigenvalue weighted by molar-refractivity contribution is -0.191. The topological polar surface area (TPSA) is 42.1 Å². The van der Waals surface area contributed by atoms with Crippen LogP contribution in [-0.4, -0.2) is 29.8 Å². The molecule has 1 aliphatic rings. The molecule has 2 N–H and O–H groups in total. The highest BCUT2D eigenvalue weighted by Crippen LogP contribution is 2.39. The monoisotopic (exact) mass is 259 g/mol. The number of pyridine rings is 1. The van der Waals surface area contributed by atoms with Crippen molar-refractivity contribution in [2.75, 3.05) is 18.0 Å². The molecule has 0 amide bonds. The number of rotatable bonds is 1. The molecule has 2 unspecified atom stereocenters. The highest BCUT2D eigenvalue weighted by atomic mass is 19.4. The van der Waals surface area contributed by atoms with Crippen LogP contribution in [0.2, 0.25) is 0 Å². The quantitative estimate of drug-likeness (QED) is 0.840. The van der Waals surface area contributed by atoms with E-state index < -0.39 is 17.6 Å². The molecule has 2 rings (SSSR count). The molecule has 0 saturated carbocycles. The van der Waals surface area contributed by atoms with Gasteiger partial charge >= 0.3 is 6.18 Å². The van der Waals surface area contributed by atoms with E-state index >= 15 is 0 Å². The normalized spacial score (nSPS) is 29.4. The fourth-order valence-corrected chi connectivity index (χ4v) is 2.30. The van der Waals surface area contributed by atoms with E-state index in [2.05, 4.69) is 4.98 Å². The van der Waals surface area contributed by atoms with Crippen molar-refractivity contribution in [1.29, 1.82) is 0 Å². The molecule has 0 radical (unpaired) electrons. The second-order valence-corrected chi connectivity index (χ2v) is 4.98. The average Bonchev–Trinajstić information content (AvgIpc) is 2.28. The summed E-state index contributed by atoms with van der Waals surface area (Å²) in [4.78, 5) is 5.73. The SMILES string of the molecule is CC1(N)CCN(c2ccccn2)CC1C(F)(F)F. The first-order valence-corrected chi connectivity index (χ1v) is 5.82. The maximum Gasteiger partial charge on any atom is 0.395 e. The average molecular weight is 259 g/mol. The van der Waals surface area contributed by atoms with Crippen LogP contribution in [0, 0.1) is 5.92 Å². The van der Waals surface area contributed by atoms with Gasteiger partial charge in [-0.2, -0.15) is 13.2 Å². The molecule has 0 spiro atoms. The summed E-state index contributed by atoms with van der Waals surface area (Å²) in [7, 11) is 0. The predicted molar refractivity (Wildman–Crippen MR) is 63.2 cm³/mol. The fourth-order valence-electron chi connectivity index (χ4n) is 2.30. The van der Waals surface area contributed by atoms with Gasteiger partial charge in [0.25, 0.3) is 0 Å². The molecule has 18 heavy (non-hydrogen) atoms. The Morgan fingerprint density at radius 3 is 2.72 bits per heavy atom. The van der Waals surface area contributed by atoms with Gasteiger partial charge in [-0.15, -0.1) is 0 Å². The van der Waals surface area contributed by atoms with Crippen LogP contribution in [0.15, 0.2) is 24.4 Å². The number of halogens is 3. The Morgan fingerprint density at radius 1 is 1.44 bits per heavy atom. The van der Waals surface area contributed by atoms with Crippen LogP contribution in [0.1, 0.15) is 13.3 Å². The van der Waals surface area contributed by atoms with Gasteiger partial charge in [0.05, 0.1) is 5.92 Å². The molecule has 1 aromatic heterocycles. The Morgan fingerprint density at radius 2 is 2.17 bits per heavy atom. The van der Waals surface area contributed by atoms with Gasteiger partial charge in [-0.1, -0.05) is 6.07 Å². The first kappa shape index (κ1) is 13.1. The smallest absolute Gasteiger partial charge is 0.356 e. The lowest BCUT2D eigenvalue weighted by atomic mass is 9.79. The molecule has 1 aliphatic heterocycles. The minimum absolute atomic E-state index is 0.131.